The van der Waals surface area contributed by atoms with Gasteiger partial charge >= 0.3 is 0 Å². The highest BCUT2D eigenvalue weighted by Crippen LogP contribution is 2.51. The first kappa shape index (κ1) is 8.65. The van der Waals surface area contributed by atoms with Crippen LogP contribution in [0.3, 0.4) is 0 Å². The van der Waals surface area contributed by atoms with E-state index < -0.39 is 0 Å². The number of carbonyl (C=O) groups is 1. The van der Waals surface area contributed by atoms with Crippen LogP contribution in [-0.4, -0.2) is 24.0 Å². The van der Waals surface area contributed by atoms with Gasteiger partial charge in [0.1, 0.15) is 6.29 Å². The zero-order chi connectivity index (χ0) is 8.60. The summed E-state index contributed by atoms with van der Waals surface area (Å²) >= 11 is 0. The zero-order valence-corrected chi connectivity index (χ0v) is 8.48. The number of carbonyl (C=O) groups excluding carboxylic acids is 1. The molecule has 1 atom stereocenters. The number of nitrogens with zero attached hydrogens (tertiary/aromatic N) is 1. The molecule has 1 spiro atoms. The Labute approximate surface area is 76.0 Å². The van der Waals surface area contributed by atoms with E-state index in [4.69, 9.17) is 0 Å². The second-order valence-corrected chi connectivity index (χ2v) is 5.07. The summed E-state index contributed by atoms with van der Waals surface area (Å²) in [4.78, 5) is 10.5. The molecule has 1 aliphatic heterocycles. The highest BCUT2D eigenvalue weighted by molar-refractivity contribution is 7.13. The van der Waals surface area contributed by atoms with Crippen LogP contribution in [0.4, 0.5) is 0 Å². The van der Waals surface area contributed by atoms with Crippen LogP contribution in [0.25, 0.3) is 0 Å². The highest BCUT2D eigenvalue weighted by Gasteiger charge is 2.44. The molecule has 68 valence electrons. The Balaban J connectivity index is 1.86. The third-order valence-electron chi connectivity index (χ3n) is 3.44. The molecule has 1 unspecified atom stereocenters. The molecular weight excluding hydrogens is 169 g/mol. The van der Waals surface area contributed by atoms with Gasteiger partial charge in [0.25, 0.3) is 0 Å². The van der Waals surface area contributed by atoms with E-state index in [1.807, 2.05) is 0 Å². The molecular formula is C9H16NOP. The molecule has 0 radical (unpaired) electrons. The molecule has 0 aromatic rings. The SMILES string of the molecule is O=CC1CC2(CCN(P)CC2)C1. The maximum Gasteiger partial charge on any atom is 0.123 e. The molecule has 0 aromatic carbocycles. The second kappa shape index (κ2) is 3.08. The van der Waals surface area contributed by atoms with Crippen molar-refractivity contribution in [3.05, 3.63) is 0 Å². The molecule has 2 aliphatic rings. The van der Waals surface area contributed by atoms with E-state index in [0.717, 1.165) is 19.1 Å². The van der Waals surface area contributed by atoms with Crippen LogP contribution in [-0.2, 0) is 4.79 Å². The Morgan fingerprint density at radius 1 is 1.33 bits per heavy atom. The Morgan fingerprint density at radius 3 is 2.42 bits per heavy atom. The summed E-state index contributed by atoms with van der Waals surface area (Å²) < 4.78 is 2.31. The first-order valence-corrected chi connectivity index (χ1v) is 5.21. The van der Waals surface area contributed by atoms with Gasteiger partial charge in [0.15, 0.2) is 0 Å². The Hall–Kier alpha value is 0.0600. The van der Waals surface area contributed by atoms with Crippen molar-refractivity contribution in [2.45, 2.75) is 25.7 Å². The minimum atomic E-state index is 0.390. The van der Waals surface area contributed by atoms with Gasteiger partial charge in [0.05, 0.1) is 0 Å². The molecule has 1 heterocycles. The van der Waals surface area contributed by atoms with Crippen molar-refractivity contribution in [1.82, 2.24) is 4.67 Å². The van der Waals surface area contributed by atoms with Crippen molar-refractivity contribution >= 4 is 15.7 Å². The minimum Gasteiger partial charge on any atom is -0.303 e. The van der Waals surface area contributed by atoms with Gasteiger partial charge in [-0.25, -0.2) is 0 Å². The molecule has 2 nitrogen and oxygen atoms in total. The smallest absolute Gasteiger partial charge is 0.123 e. The van der Waals surface area contributed by atoms with Crippen molar-refractivity contribution in [3.63, 3.8) is 0 Å². The second-order valence-electron chi connectivity index (χ2n) is 4.34. The summed E-state index contributed by atoms with van der Waals surface area (Å²) in [5.41, 5.74) is 0.568. The van der Waals surface area contributed by atoms with Crippen molar-refractivity contribution in [2.24, 2.45) is 11.3 Å². The average Bonchev–Trinajstić information content (AvgIpc) is 2.02. The molecule has 12 heavy (non-hydrogen) atoms. The molecule has 0 aromatic heterocycles. The van der Waals surface area contributed by atoms with E-state index in [2.05, 4.69) is 14.1 Å². The number of rotatable bonds is 1. The van der Waals surface area contributed by atoms with Gasteiger partial charge in [-0.15, -0.1) is 0 Å². The van der Waals surface area contributed by atoms with E-state index >= 15 is 0 Å². The number of aldehydes is 1. The minimum absolute atomic E-state index is 0.390. The van der Waals surface area contributed by atoms with E-state index in [1.54, 1.807) is 0 Å². The lowest BCUT2D eigenvalue weighted by Gasteiger charge is -2.50. The molecule has 3 heteroatoms. The zero-order valence-electron chi connectivity index (χ0n) is 7.33. The van der Waals surface area contributed by atoms with E-state index in [9.17, 15) is 4.79 Å². The third-order valence-corrected chi connectivity index (χ3v) is 3.96. The Kier molecular flexibility index (Phi) is 2.22. The highest BCUT2D eigenvalue weighted by atomic mass is 31.0. The van der Waals surface area contributed by atoms with Crippen LogP contribution < -0.4 is 0 Å². The van der Waals surface area contributed by atoms with Crippen molar-refractivity contribution < 1.29 is 4.79 Å². The Morgan fingerprint density at radius 2 is 1.92 bits per heavy atom. The lowest BCUT2D eigenvalue weighted by Crippen LogP contribution is -2.45. The average molecular weight is 185 g/mol. The monoisotopic (exact) mass is 185 g/mol. The van der Waals surface area contributed by atoms with Crippen molar-refractivity contribution in [2.75, 3.05) is 13.1 Å². The van der Waals surface area contributed by atoms with Gasteiger partial charge in [-0.05, 0) is 31.1 Å². The summed E-state index contributed by atoms with van der Waals surface area (Å²) in [5, 5.41) is 0. The largest absolute Gasteiger partial charge is 0.303 e. The van der Waals surface area contributed by atoms with Crippen LogP contribution >= 0.6 is 9.39 Å². The predicted octanol–water partition coefficient (Wildman–Crippen LogP) is 1.47. The quantitative estimate of drug-likeness (QED) is 0.455. The lowest BCUT2D eigenvalue weighted by atomic mass is 9.58. The molecule has 0 bridgehead atoms. The summed E-state index contributed by atoms with van der Waals surface area (Å²) in [6, 6.07) is 0. The molecule has 1 saturated carbocycles. The fourth-order valence-corrected chi connectivity index (χ4v) is 2.81. The van der Waals surface area contributed by atoms with Crippen LogP contribution in [0.2, 0.25) is 0 Å². The predicted molar refractivity (Wildman–Crippen MR) is 51.7 cm³/mol. The fourth-order valence-electron chi connectivity index (χ4n) is 2.56. The first-order chi connectivity index (χ1) is 5.74. The van der Waals surface area contributed by atoms with Crippen LogP contribution in [0.5, 0.6) is 0 Å². The number of hydrogen-bond donors (Lipinski definition) is 0. The summed E-state index contributed by atoms with van der Waals surface area (Å²) in [7, 11) is 2.76. The normalized spacial score (nSPS) is 30.1. The summed E-state index contributed by atoms with van der Waals surface area (Å²) in [5.74, 6) is 0.390. The van der Waals surface area contributed by atoms with Crippen molar-refractivity contribution in [3.8, 4) is 0 Å². The van der Waals surface area contributed by atoms with Gasteiger partial charge in [0, 0.05) is 19.0 Å². The fraction of sp³-hybridized carbons (Fsp3) is 0.889. The van der Waals surface area contributed by atoms with Gasteiger partial charge in [-0.1, -0.05) is 9.39 Å². The summed E-state index contributed by atoms with van der Waals surface area (Å²) in [6.45, 7) is 2.38. The lowest BCUT2D eigenvalue weighted by molar-refractivity contribution is -0.119. The van der Waals surface area contributed by atoms with Crippen LogP contribution in [0, 0.1) is 11.3 Å². The molecule has 0 amide bonds. The van der Waals surface area contributed by atoms with E-state index in [-0.39, 0.29) is 0 Å². The standard InChI is InChI=1S/C9H16NOP/c11-7-8-5-9(6-8)1-3-10(12)4-2-9/h7-8H,1-6,12H2. The number of piperidine rings is 1. The van der Waals surface area contributed by atoms with Crippen LogP contribution in [0.15, 0.2) is 0 Å². The van der Waals surface area contributed by atoms with Crippen LogP contribution in [0.1, 0.15) is 25.7 Å². The number of hydrogen-bond acceptors (Lipinski definition) is 2. The molecule has 1 aliphatic carbocycles. The summed E-state index contributed by atoms with van der Waals surface area (Å²) in [6.07, 6.45) is 6.05. The Bertz CT molecular complexity index is 179. The van der Waals surface area contributed by atoms with Gasteiger partial charge in [-0.3, -0.25) is 4.67 Å². The maximum atomic E-state index is 10.5. The van der Waals surface area contributed by atoms with Gasteiger partial charge in [-0.2, -0.15) is 0 Å². The molecule has 2 rings (SSSR count). The van der Waals surface area contributed by atoms with E-state index in [0.29, 0.717) is 11.3 Å². The first-order valence-electron chi connectivity index (χ1n) is 4.69. The molecule has 0 N–H and O–H groups in total. The van der Waals surface area contributed by atoms with Gasteiger partial charge in [0.2, 0.25) is 0 Å². The molecule has 2 fully saturated rings. The van der Waals surface area contributed by atoms with Gasteiger partial charge < -0.3 is 4.79 Å². The molecule has 1 saturated heterocycles. The van der Waals surface area contributed by atoms with Crippen molar-refractivity contribution in [1.29, 1.82) is 0 Å². The maximum absolute atomic E-state index is 10.5. The van der Waals surface area contributed by atoms with E-state index in [1.165, 1.54) is 25.9 Å². The third kappa shape index (κ3) is 1.43. The topological polar surface area (TPSA) is 20.3 Å².